The van der Waals surface area contributed by atoms with Gasteiger partial charge in [0.15, 0.2) is 0 Å². The molecule has 1 aromatic carbocycles. The van der Waals surface area contributed by atoms with Gasteiger partial charge in [0.1, 0.15) is 17.5 Å². The normalized spacial score (nSPS) is 10.5. The van der Waals surface area contributed by atoms with E-state index < -0.39 is 0 Å². The summed E-state index contributed by atoms with van der Waals surface area (Å²) in [6.45, 7) is 4.06. The second-order valence-electron chi connectivity index (χ2n) is 5.27. The number of anilines is 1. The Kier molecular flexibility index (Phi) is 3.47. The number of hydrogen-bond acceptors (Lipinski definition) is 4. The summed E-state index contributed by atoms with van der Waals surface area (Å²) in [5.41, 5.74) is 9.62. The lowest BCUT2D eigenvalue weighted by molar-refractivity contribution is 0.0948. The van der Waals surface area contributed by atoms with Crippen LogP contribution in [-0.2, 0) is 0 Å². The average molecular weight is 305 g/mol. The van der Waals surface area contributed by atoms with Crippen LogP contribution in [0.25, 0.3) is 5.69 Å². The summed E-state index contributed by atoms with van der Waals surface area (Å²) >= 11 is 0. The molecule has 0 saturated carbocycles. The van der Waals surface area contributed by atoms with E-state index >= 15 is 0 Å². The van der Waals surface area contributed by atoms with E-state index in [0.29, 0.717) is 5.56 Å². The minimum absolute atomic E-state index is 0.0543. The smallest absolute Gasteiger partial charge is 0.280 e. The van der Waals surface area contributed by atoms with Crippen LogP contribution in [0.5, 0.6) is 0 Å². The molecule has 0 radical (unpaired) electrons. The molecule has 6 heteroatoms. The van der Waals surface area contributed by atoms with Gasteiger partial charge < -0.3 is 10.3 Å². The van der Waals surface area contributed by atoms with Crippen molar-refractivity contribution in [2.45, 2.75) is 13.8 Å². The third kappa shape index (κ3) is 2.38. The first-order chi connectivity index (χ1) is 11.0. The van der Waals surface area contributed by atoms with Gasteiger partial charge in [0.05, 0.1) is 6.20 Å². The summed E-state index contributed by atoms with van der Waals surface area (Å²) in [6.07, 6.45) is 1.29. The predicted octanol–water partition coefficient (Wildman–Crippen LogP) is 2.43. The monoisotopic (exact) mass is 305 g/mol. The molecule has 0 saturated heterocycles. The van der Waals surface area contributed by atoms with Crippen LogP contribution >= 0.6 is 0 Å². The zero-order valence-corrected chi connectivity index (χ0v) is 12.8. The molecule has 6 nitrogen and oxygen atoms in total. The van der Waals surface area contributed by atoms with Crippen LogP contribution in [0.3, 0.4) is 0 Å². The Hall–Kier alpha value is -3.33. The second-order valence-corrected chi connectivity index (χ2v) is 5.27. The van der Waals surface area contributed by atoms with Crippen molar-refractivity contribution in [2.75, 3.05) is 5.73 Å². The van der Waals surface area contributed by atoms with Gasteiger partial charge in [-0.3, -0.25) is 4.79 Å². The van der Waals surface area contributed by atoms with Gasteiger partial charge in [0, 0.05) is 22.6 Å². The van der Waals surface area contributed by atoms with Crippen molar-refractivity contribution in [1.29, 1.82) is 5.26 Å². The lowest BCUT2D eigenvalue weighted by Gasteiger charge is -2.10. The lowest BCUT2D eigenvalue weighted by Crippen LogP contribution is -2.16. The third-order valence-electron chi connectivity index (χ3n) is 3.76. The van der Waals surface area contributed by atoms with Gasteiger partial charge in [-0.1, -0.05) is 0 Å². The maximum atomic E-state index is 12.4. The Morgan fingerprint density at radius 1 is 1.13 bits per heavy atom. The van der Waals surface area contributed by atoms with Gasteiger partial charge in [0.2, 0.25) is 0 Å². The van der Waals surface area contributed by atoms with Crippen molar-refractivity contribution in [3.05, 3.63) is 65.1 Å². The van der Waals surface area contributed by atoms with Crippen LogP contribution < -0.4 is 5.73 Å². The molecule has 114 valence electrons. The fraction of sp³-hybridized carbons (Fsp3) is 0.118. The van der Waals surface area contributed by atoms with Crippen molar-refractivity contribution in [3.8, 4) is 11.8 Å². The number of hydrogen-bond donors (Lipinski definition) is 1. The molecule has 0 bridgehead atoms. The van der Waals surface area contributed by atoms with Crippen LogP contribution in [-0.4, -0.2) is 20.3 Å². The molecular formula is C17H15N5O. The molecule has 2 N–H and O–H groups in total. The molecule has 0 spiro atoms. The molecule has 3 rings (SSSR count). The van der Waals surface area contributed by atoms with Crippen LogP contribution in [0.2, 0.25) is 0 Å². The van der Waals surface area contributed by atoms with Gasteiger partial charge in [-0.05, 0) is 50.2 Å². The van der Waals surface area contributed by atoms with E-state index in [-0.39, 0.29) is 17.3 Å². The number of carbonyl (C=O) groups excluding carboxylic acids is 1. The number of nitriles is 1. The number of rotatable bonds is 2. The van der Waals surface area contributed by atoms with Crippen molar-refractivity contribution >= 4 is 11.7 Å². The number of benzene rings is 1. The van der Waals surface area contributed by atoms with E-state index in [9.17, 15) is 4.79 Å². The largest absolute Gasteiger partial charge is 0.382 e. The van der Waals surface area contributed by atoms with Crippen LogP contribution in [0, 0.1) is 25.2 Å². The van der Waals surface area contributed by atoms with E-state index in [1.54, 1.807) is 12.1 Å². The summed E-state index contributed by atoms with van der Waals surface area (Å²) in [5.74, 6) is -0.310. The number of aromatic nitrogens is 3. The number of carbonyl (C=O) groups is 1. The minimum Gasteiger partial charge on any atom is -0.382 e. The minimum atomic E-state index is -0.364. The highest BCUT2D eigenvalue weighted by molar-refractivity contribution is 5.97. The molecule has 0 fully saturated rings. The predicted molar refractivity (Wildman–Crippen MR) is 86.3 cm³/mol. The Bertz CT molecular complexity index is 906. The van der Waals surface area contributed by atoms with E-state index in [2.05, 4.69) is 9.67 Å². The molecule has 0 unspecified atom stereocenters. The first kappa shape index (κ1) is 14.6. The topological polar surface area (TPSA) is 89.6 Å². The summed E-state index contributed by atoms with van der Waals surface area (Å²) in [4.78, 5) is 12.4. The van der Waals surface area contributed by atoms with Crippen molar-refractivity contribution in [1.82, 2.24) is 14.3 Å². The molecule has 2 heterocycles. The Balaban J connectivity index is 1.95. The number of nitrogens with zero attached hydrogens (tertiary/aromatic N) is 4. The SMILES string of the molecule is Cc1ccc(C)n1-c1ccc(C(=O)n2ncc(C#N)c2N)cc1. The van der Waals surface area contributed by atoms with E-state index in [4.69, 9.17) is 11.0 Å². The Morgan fingerprint density at radius 3 is 2.26 bits per heavy atom. The average Bonchev–Trinajstić information content (AvgIpc) is 3.09. The van der Waals surface area contributed by atoms with Gasteiger partial charge in [-0.15, -0.1) is 0 Å². The quantitative estimate of drug-likeness (QED) is 0.787. The highest BCUT2D eigenvalue weighted by Gasteiger charge is 2.15. The molecule has 0 aliphatic rings. The zero-order valence-electron chi connectivity index (χ0n) is 12.8. The number of nitrogens with two attached hydrogens (primary N) is 1. The molecule has 2 aromatic heterocycles. The fourth-order valence-electron chi connectivity index (χ4n) is 2.56. The highest BCUT2D eigenvalue weighted by Crippen LogP contribution is 2.18. The Morgan fingerprint density at radius 2 is 1.74 bits per heavy atom. The van der Waals surface area contributed by atoms with Gasteiger partial charge in [0.25, 0.3) is 5.91 Å². The van der Waals surface area contributed by atoms with Crippen molar-refractivity contribution in [3.63, 3.8) is 0 Å². The van der Waals surface area contributed by atoms with Crippen molar-refractivity contribution in [2.24, 2.45) is 0 Å². The Labute approximate surface area is 133 Å². The maximum absolute atomic E-state index is 12.4. The van der Waals surface area contributed by atoms with Gasteiger partial charge >= 0.3 is 0 Å². The number of nitrogen functional groups attached to an aromatic ring is 1. The second kappa shape index (κ2) is 5.46. The van der Waals surface area contributed by atoms with E-state index in [1.807, 2.05) is 44.2 Å². The van der Waals surface area contributed by atoms with E-state index in [1.165, 1.54) is 6.20 Å². The summed E-state index contributed by atoms with van der Waals surface area (Å²) in [6, 6.07) is 13.2. The third-order valence-corrected chi connectivity index (χ3v) is 3.76. The van der Waals surface area contributed by atoms with E-state index in [0.717, 1.165) is 21.8 Å². The van der Waals surface area contributed by atoms with Gasteiger partial charge in [-0.25, -0.2) is 0 Å². The molecule has 3 aromatic rings. The van der Waals surface area contributed by atoms with Crippen LogP contribution in [0.4, 0.5) is 5.82 Å². The number of aryl methyl sites for hydroxylation is 2. The van der Waals surface area contributed by atoms with Crippen LogP contribution in [0.15, 0.2) is 42.6 Å². The summed E-state index contributed by atoms with van der Waals surface area (Å²) < 4.78 is 3.14. The van der Waals surface area contributed by atoms with Crippen LogP contribution in [0.1, 0.15) is 27.3 Å². The molecule has 23 heavy (non-hydrogen) atoms. The summed E-state index contributed by atoms with van der Waals surface area (Å²) in [7, 11) is 0. The molecule has 0 aliphatic heterocycles. The standard InChI is InChI=1S/C17H15N5O/c1-11-3-4-12(2)21(11)15-7-5-13(6-8-15)17(23)22-16(19)14(9-18)10-20-22/h3-8,10H,19H2,1-2H3. The zero-order chi connectivity index (χ0) is 16.6. The van der Waals surface area contributed by atoms with Crippen molar-refractivity contribution < 1.29 is 4.79 Å². The van der Waals surface area contributed by atoms with Gasteiger partial charge in [-0.2, -0.15) is 15.0 Å². The maximum Gasteiger partial charge on any atom is 0.280 e. The molecule has 0 atom stereocenters. The first-order valence-corrected chi connectivity index (χ1v) is 7.06. The summed E-state index contributed by atoms with van der Waals surface area (Å²) in [5, 5.41) is 12.8. The highest BCUT2D eigenvalue weighted by atomic mass is 16.2. The fourth-order valence-corrected chi connectivity index (χ4v) is 2.56. The molecular weight excluding hydrogens is 290 g/mol. The molecule has 0 amide bonds. The molecule has 0 aliphatic carbocycles. The first-order valence-electron chi connectivity index (χ1n) is 7.06. The lowest BCUT2D eigenvalue weighted by atomic mass is 10.2.